The molecule has 0 unspecified atom stereocenters. The number of thiophene rings is 1. The zero-order valence-corrected chi connectivity index (χ0v) is 18.5. The number of esters is 1. The summed E-state index contributed by atoms with van der Waals surface area (Å²) < 4.78 is 4.87. The third-order valence-corrected chi connectivity index (χ3v) is 5.87. The first-order valence-electron chi connectivity index (χ1n) is 9.74. The van der Waals surface area contributed by atoms with Crippen molar-refractivity contribution in [2.24, 2.45) is 0 Å². The molecule has 30 heavy (non-hydrogen) atoms. The topological polar surface area (TPSA) is 61.8 Å². The highest BCUT2D eigenvalue weighted by Crippen LogP contribution is 2.31. The lowest BCUT2D eigenvalue weighted by atomic mass is 10.1. The summed E-state index contributed by atoms with van der Waals surface area (Å²) in [5, 5.41) is 15.0. The Morgan fingerprint density at radius 1 is 1.23 bits per heavy atom. The zero-order valence-electron chi connectivity index (χ0n) is 17.0. The summed E-state index contributed by atoms with van der Waals surface area (Å²) in [5.41, 5.74) is 6.61. The molecule has 3 rings (SSSR count). The largest absolute Gasteiger partial charge is 0.465 e. The number of nitrogens with zero attached hydrogens (tertiary/aromatic N) is 1. The van der Waals surface area contributed by atoms with Crippen molar-refractivity contribution < 1.29 is 14.6 Å². The number of halogens is 1. The van der Waals surface area contributed by atoms with Crippen LogP contribution in [-0.4, -0.2) is 31.3 Å². The average Bonchev–Trinajstić information content (AvgIpc) is 3.26. The van der Waals surface area contributed by atoms with Gasteiger partial charge < -0.3 is 14.9 Å². The second-order valence-corrected chi connectivity index (χ2v) is 8.14. The molecular formula is C23H25ClN2O3S. The first kappa shape index (κ1) is 22.3. The van der Waals surface area contributed by atoms with Crippen LogP contribution >= 0.6 is 22.9 Å². The number of hydrogen-bond acceptors (Lipinski definition) is 6. The number of hydrazine groups is 1. The lowest BCUT2D eigenvalue weighted by Gasteiger charge is -2.27. The molecule has 2 aromatic carbocycles. The predicted molar refractivity (Wildman–Crippen MR) is 123 cm³/mol. The van der Waals surface area contributed by atoms with E-state index < -0.39 is 6.10 Å². The summed E-state index contributed by atoms with van der Waals surface area (Å²) in [4.78, 5) is 12.8. The Labute approximate surface area is 185 Å². The minimum atomic E-state index is -0.670. The standard InChI is InChI=1S/C23H25ClN2O3S/c1-3-12-26(25-15-21(27)17-5-4-6-18(24)14-17)19-9-7-16(8-10-19)22-20(11-13-30-22)23(28)29-2/h4-11,13-14,21,25,27H,3,12,15H2,1-2H3/t21-/m0/s1. The molecule has 0 saturated carbocycles. The molecule has 3 aromatic rings. The van der Waals surface area contributed by atoms with Crippen molar-refractivity contribution in [2.75, 3.05) is 25.2 Å². The predicted octanol–water partition coefficient (Wildman–Crippen LogP) is 5.31. The highest BCUT2D eigenvalue weighted by atomic mass is 35.5. The quantitative estimate of drug-likeness (QED) is 0.346. The third-order valence-electron chi connectivity index (χ3n) is 4.67. The van der Waals surface area contributed by atoms with Gasteiger partial charge in [-0.1, -0.05) is 42.8 Å². The van der Waals surface area contributed by atoms with Crippen molar-refractivity contribution in [3.05, 3.63) is 76.1 Å². The molecule has 0 aliphatic heterocycles. The van der Waals surface area contributed by atoms with Crippen molar-refractivity contribution in [3.63, 3.8) is 0 Å². The number of nitrogens with one attached hydrogen (secondary N) is 1. The monoisotopic (exact) mass is 444 g/mol. The van der Waals surface area contributed by atoms with Crippen molar-refractivity contribution in [3.8, 4) is 10.4 Å². The number of anilines is 1. The fourth-order valence-electron chi connectivity index (χ4n) is 3.15. The van der Waals surface area contributed by atoms with E-state index in [0.717, 1.165) is 34.7 Å². The zero-order chi connectivity index (χ0) is 21.5. The van der Waals surface area contributed by atoms with Crippen molar-refractivity contribution in [1.82, 2.24) is 5.43 Å². The third kappa shape index (κ3) is 5.40. The van der Waals surface area contributed by atoms with E-state index in [1.54, 1.807) is 18.2 Å². The van der Waals surface area contributed by atoms with Gasteiger partial charge in [0.05, 0.1) is 24.5 Å². The molecular weight excluding hydrogens is 420 g/mol. The average molecular weight is 445 g/mol. The first-order valence-corrected chi connectivity index (χ1v) is 11.0. The molecule has 0 aliphatic carbocycles. The summed E-state index contributed by atoms with van der Waals surface area (Å²) >= 11 is 7.53. The number of ether oxygens (including phenoxy) is 1. The van der Waals surface area contributed by atoms with Gasteiger partial charge in [-0.15, -0.1) is 11.3 Å². The van der Waals surface area contributed by atoms with Crippen LogP contribution in [0.1, 0.15) is 35.4 Å². The molecule has 0 radical (unpaired) electrons. The van der Waals surface area contributed by atoms with Crippen molar-refractivity contribution in [1.29, 1.82) is 0 Å². The van der Waals surface area contributed by atoms with Gasteiger partial charge in [-0.05, 0) is 53.3 Å². The Bertz CT molecular complexity index is 975. The minimum absolute atomic E-state index is 0.334. The van der Waals surface area contributed by atoms with E-state index in [1.165, 1.54) is 18.4 Å². The van der Waals surface area contributed by atoms with Crippen LogP contribution in [0.15, 0.2) is 60.0 Å². The smallest absolute Gasteiger partial charge is 0.339 e. The lowest BCUT2D eigenvalue weighted by Crippen LogP contribution is -2.41. The van der Waals surface area contributed by atoms with Gasteiger partial charge in [0, 0.05) is 23.0 Å². The number of aliphatic hydroxyl groups excluding tert-OH is 1. The van der Waals surface area contributed by atoms with Gasteiger partial charge in [0.15, 0.2) is 0 Å². The Hall–Kier alpha value is -2.38. The molecule has 7 heteroatoms. The maximum Gasteiger partial charge on any atom is 0.339 e. The van der Waals surface area contributed by atoms with E-state index in [9.17, 15) is 9.90 Å². The molecule has 0 bridgehead atoms. The lowest BCUT2D eigenvalue weighted by molar-refractivity contribution is 0.0602. The van der Waals surface area contributed by atoms with E-state index >= 15 is 0 Å². The first-order chi connectivity index (χ1) is 14.5. The number of benzene rings is 2. The van der Waals surface area contributed by atoms with E-state index in [1.807, 2.05) is 46.8 Å². The highest BCUT2D eigenvalue weighted by molar-refractivity contribution is 7.14. The van der Waals surface area contributed by atoms with E-state index in [2.05, 4.69) is 12.3 Å². The van der Waals surface area contributed by atoms with Crippen LogP contribution in [0.2, 0.25) is 5.02 Å². The molecule has 0 saturated heterocycles. The molecule has 0 amide bonds. The molecule has 0 fully saturated rings. The number of aliphatic hydroxyl groups is 1. The Balaban J connectivity index is 1.72. The Kier molecular flexibility index (Phi) is 7.87. The summed E-state index contributed by atoms with van der Waals surface area (Å²) in [6, 6.07) is 17.0. The van der Waals surface area contributed by atoms with E-state index in [-0.39, 0.29) is 5.97 Å². The number of hydrogen-bond donors (Lipinski definition) is 2. The number of rotatable bonds is 9. The van der Waals surface area contributed by atoms with Gasteiger partial charge in [0.25, 0.3) is 0 Å². The van der Waals surface area contributed by atoms with Crippen LogP contribution in [0.4, 0.5) is 5.69 Å². The van der Waals surface area contributed by atoms with Gasteiger partial charge in [-0.3, -0.25) is 0 Å². The van der Waals surface area contributed by atoms with Gasteiger partial charge in [-0.2, -0.15) is 0 Å². The van der Waals surface area contributed by atoms with Crippen molar-refractivity contribution >= 4 is 34.6 Å². The van der Waals surface area contributed by atoms with Crippen molar-refractivity contribution in [2.45, 2.75) is 19.4 Å². The minimum Gasteiger partial charge on any atom is -0.465 e. The summed E-state index contributed by atoms with van der Waals surface area (Å²) in [5.74, 6) is -0.334. The second-order valence-electron chi connectivity index (χ2n) is 6.79. The molecule has 1 atom stereocenters. The van der Waals surface area contributed by atoms with Crippen LogP contribution in [-0.2, 0) is 4.74 Å². The number of carbonyl (C=O) groups is 1. The van der Waals surface area contributed by atoms with Crippen LogP contribution in [0.3, 0.4) is 0 Å². The molecule has 2 N–H and O–H groups in total. The van der Waals surface area contributed by atoms with E-state index in [4.69, 9.17) is 16.3 Å². The van der Waals surface area contributed by atoms with Gasteiger partial charge >= 0.3 is 5.97 Å². The van der Waals surface area contributed by atoms with Crippen LogP contribution in [0.5, 0.6) is 0 Å². The molecule has 1 heterocycles. The second kappa shape index (κ2) is 10.6. The fraction of sp³-hybridized carbons (Fsp3) is 0.261. The maximum absolute atomic E-state index is 12.0. The van der Waals surface area contributed by atoms with Gasteiger partial charge in [0.1, 0.15) is 0 Å². The maximum atomic E-state index is 12.0. The number of carbonyl (C=O) groups excluding carboxylic acids is 1. The van der Waals surface area contributed by atoms with Crippen LogP contribution < -0.4 is 10.4 Å². The summed E-state index contributed by atoms with van der Waals surface area (Å²) in [6.07, 6.45) is 0.274. The Morgan fingerprint density at radius 3 is 2.67 bits per heavy atom. The summed E-state index contributed by atoms with van der Waals surface area (Å²) in [7, 11) is 1.39. The van der Waals surface area contributed by atoms with Gasteiger partial charge in [0.2, 0.25) is 0 Å². The molecule has 1 aromatic heterocycles. The van der Waals surface area contributed by atoms with Crippen LogP contribution in [0, 0.1) is 0 Å². The Morgan fingerprint density at radius 2 is 2.00 bits per heavy atom. The molecule has 5 nitrogen and oxygen atoms in total. The molecule has 0 aliphatic rings. The van der Waals surface area contributed by atoms with E-state index in [0.29, 0.717) is 17.1 Å². The number of methoxy groups -OCH3 is 1. The molecule has 0 spiro atoms. The fourth-order valence-corrected chi connectivity index (χ4v) is 4.24. The van der Waals surface area contributed by atoms with Gasteiger partial charge in [-0.25, -0.2) is 10.2 Å². The van der Waals surface area contributed by atoms with Crippen LogP contribution in [0.25, 0.3) is 10.4 Å². The summed E-state index contributed by atoms with van der Waals surface area (Å²) in [6.45, 7) is 3.25. The SMILES string of the molecule is CCCN(NC[C@H](O)c1cccc(Cl)c1)c1ccc(-c2sccc2C(=O)OC)cc1. The normalized spacial score (nSPS) is 11.9. The highest BCUT2D eigenvalue weighted by Gasteiger charge is 2.16. The molecule has 158 valence electrons.